The van der Waals surface area contributed by atoms with Crippen molar-refractivity contribution in [2.75, 3.05) is 38.5 Å². The van der Waals surface area contributed by atoms with Gasteiger partial charge in [0.1, 0.15) is 0 Å². The number of nitrogens with one attached hydrogen (secondary N) is 1. The highest BCUT2D eigenvalue weighted by molar-refractivity contribution is 7.91. The van der Waals surface area contributed by atoms with Gasteiger partial charge < -0.3 is 20.2 Å². The predicted octanol–water partition coefficient (Wildman–Crippen LogP) is 2.81. The van der Waals surface area contributed by atoms with Crippen molar-refractivity contribution in [1.82, 2.24) is 9.80 Å². The quantitative estimate of drug-likeness (QED) is 0.612. The molecule has 190 valence electrons. The number of carbonyl (C=O) groups is 2. The van der Waals surface area contributed by atoms with Crippen LogP contribution in [0.1, 0.15) is 17.3 Å². The molecule has 1 heterocycles. The van der Waals surface area contributed by atoms with E-state index in [1.807, 2.05) is 12.4 Å². The van der Waals surface area contributed by atoms with Crippen molar-refractivity contribution >= 4 is 38.9 Å². The minimum atomic E-state index is -5.23. The van der Waals surface area contributed by atoms with Crippen molar-refractivity contribution in [3.8, 4) is 0 Å². The van der Waals surface area contributed by atoms with Gasteiger partial charge in [-0.2, -0.15) is 13.2 Å². The molecule has 1 fully saturated rings. The van der Waals surface area contributed by atoms with Gasteiger partial charge in [-0.25, -0.2) is 8.42 Å². The van der Waals surface area contributed by atoms with E-state index in [-0.39, 0.29) is 33.3 Å². The lowest BCUT2D eigenvalue weighted by molar-refractivity contribution is -0.242. The number of amides is 2. The van der Waals surface area contributed by atoms with Crippen LogP contribution in [-0.2, 0) is 14.6 Å². The van der Waals surface area contributed by atoms with Crippen molar-refractivity contribution in [2.45, 2.75) is 28.5 Å². The molecule has 0 aliphatic carbocycles. The van der Waals surface area contributed by atoms with Gasteiger partial charge in [-0.3, -0.25) is 9.59 Å². The van der Waals surface area contributed by atoms with Gasteiger partial charge in [-0.1, -0.05) is 11.6 Å². The maximum atomic E-state index is 13.0. The zero-order valence-corrected chi connectivity index (χ0v) is 20.3. The van der Waals surface area contributed by atoms with Crippen molar-refractivity contribution in [1.29, 1.82) is 0 Å². The summed E-state index contributed by atoms with van der Waals surface area (Å²) >= 11 is 6.00. The first-order valence-corrected chi connectivity index (χ1v) is 12.2. The van der Waals surface area contributed by atoms with Crippen LogP contribution in [0.3, 0.4) is 0 Å². The van der Waals surface area contributed by atoms with Gasteiger partial charge in [0.25, 0.3) is 11.8 Å². The highest BCUT2D eigenvalue weighted by Crippen LogP contribution is 2.33. The Balaban J connectivity index is 1.78. The standard InChI is InChI=1S/C22H23ClF3N3O5S/c1-21(32,22(24,25)26)20(31)27-18-8-7-16(13-17(18)23)35(33,34)15-5-3-14(4-6-15)19(30)29-11-9-28(2)10-12-29/h3-8,13,32H,9-12H2,1-2H3,(H,27,31). The van der Waals surface area contributed by atoms with Gasteiger partial charge in [-0.15, -0.1) is 0 Å². The van der Waals surface area contributed by atoms with Crippen molar-refractivity contribution in [2.24, 2.45) is 0 Å². The van der Waals surface area contributed by atoms with Crippen molar-refractivity contribution in [3.05, 3.63) is 53.1 Å². The molecule has 0 aromatic heterocycles. The maximum absolute atomic E-state index is 13.0. The molecule has 2 amide bonds. The van der Waals surface area contributed by atoms with Gasteiger partial charge >= 0.3 is 6.18 Å². The van der Waals surface area contributed by atoms with E-state index in [1.54, 1.807) is 4.90 Å². The second-order valence-electron chi connectivity index (χ2n) is 8.29. The minimum absolute atomic E-state index is 0.125. The average molecular weight is 534 g/mol. The molecule has 2 N–H and O–H groups in total. The van der Waals surface area contributed by atoms with Crippen LogP contribution in [0, 0.1) is 0 Å². The van der Waals surface area contributed by atoms with Crippen LogP contribution >= 0.6 is 11.6 Å². The molecule has 2 aromatic carbocycles. The summed E-state index contributed by atoms with van der Waals surface area (Å²) in [4.78, 5) is 27.9. The minimum Gasteiger partial charge on any atom is -0.373 e. The van der Waals surface area contributed by atoms with Crippen molar-refractivity contribution in [3.63, 3.8) is 0 Å². The molecule has 2 aromatic rings. The van der Waals surface area contributed by atoms with E-state index >= 15 is 0 Å². The maximum Gasteiger partial charge on any atom is 0.426 e. The summed E-state index contributed by atoms with van der Waals surface area (Å²) in [5, 5.41) is 11.0. The van der Waals surface area contributed by atoms with Gasteiger partial charge in [0, 0.05) is 31.7 Å². The highest BCUT2D eigenvalue weighted by atomic mass is 35.5. The molecule has 8 nitrogen and oxygen atoms in total. The second-order valence-corrected chi connectivity index (χ2v) is 10.6. The summed E-state index contributed by atoms with van der Waals surface area (Å²) in [5.74, 6) is -1.98. The number of hydrogen-bond acceptors (Lipinski definition) is 6. The van der Waals surface area contributed by atoms with Gasteiger partial charge in [0.15, 0.2) is 0 Å². The topological polar surface area (TPSA) is 107 Å². The number of carbonyl (C=O) groups excluding carboxylic acids is 2. The molecule has 1 atom stereocenters. The normalized spacial score (nSPS) is 17.1. The number of piperazine rings is 1. The fourth-order valence-electron chi connectivity index (χ4n) is 3.24. The molecular weight excluding hydrogens is 511 g/mol. The number of anilines is 1. The predicted molar refractivity (Wildman–Crippen MR) is 122 cm³/mol. The summed E-state index contributed by atoms with van der Waals surface area (Å²) in [6.07, 6.45) is -5.23. The van der Waals surface area contributed by atoms with Crippen LogP contribution in [0.25, 0.3) is 0 Å². The zero-order chi connectivity index (χ0) is 26.2. The van der Waals surface area contributed by atoms with Crippen LogP contribution in [0.15, 0.2) is 52.3 Å². The van der Waals surface area contributed by atoms with E-state index in [0.717, 1.165) is 31.3 Å². The number of hydrogen-bond donors (Lipinski definition) is 2. The Bertz CT molecular complexity index is 1230. The number of benzene rings is 2. The van der Waals surface area contributed by atoms with Crippen LogP contribution in [0.4, 0.5) is 18.9 Å². The van der Waals surface area contributed by atoms with Gasteiger partial charge in [0.2, 0.25) is 15.4 Å². The smallest absolute Gasteiger partial charge is 0.373 e. The molecule has 3 rings (SSSR count). The summed E-state index contributed by atoms with van der Waals surface area (Å²) in [7, 11) is -2.13. The third-order valence-electron chi connectivity index (χ3n) is 5.70. The number of likely N-dealkylation sites (N-methyl/N-ethyl adjacent to an activating group) is 1. The second kappa shape index (κ2) is 9.76. The fraction of sp³-hybridized carbons (Fsp3) is 0.364. The highest BCUT2D eigenvalue weighted by Gasteiger charge is 2.55. The Morgan fingerprint density at radius 1 is 1.00 bits per heavy atom. The number of aliphatic hydroxyl groups is 1. The number of nitrogens with zero attached hydrogens (tertiary/aromatic N) is 2. The van der Waals surface area contributed by atoms with E-state index in [9.17, 15) is 36.3 Å². The molecule has 0 saturated carbocycles. The van der Waals surface area contributed by atoms with Crippen LogP contribution in [0.5, 0.6) is 0 Å². The molecule has 13 heteroatoms. The van der Waals surface area contributed by atoms with E-state index in [2.05, 4.69) is 4.90 Å². The first-order chi connectivity index (χ1) is 16.1. The Labute approximate surface area is 205 Å². The monoisotopic (exact) mass is 533 g/mol. The van der Waals surface area contributed by atoms with Crippen LogP contribution < -0.4 is 5.32 Å². The molecule has 0 spiro atoms. The molecule has 1 aliphatic rings. The van der Waals surface area contributed by atoms with E-state index < -0.39 is 27.5 Å². The zero-order valence-electron chi connectivity index (χ0n) is 18.8. The molecule has 35 heavy (non-hydrogen) atoms. The third-order valence-corrected chi connectivity index (χ3v) is 7.78. The van der Waals surface area contributed by atoms with Gasteiger partial charge in [-0.05, 0) is 56.4 Å². The fourth-order valence-corrected chi connectivity index (χ4v) is 4.82. The van der Waals surface area contributed by atoms with Gasteiger partial charge in [0.05, 0.1) is 20.5 Å². The largest absolute Gasteiger partial charge is 0.426 e. The molecular formula is C22H23ClF3N3O5S. The van der Waals surface area contributed by atoms with Crippen LogP contribution in [0.2, 0.25) is 5.02 Å². The molecule has 1 unspecified atom stereocenters. The number of rotatable bonds is 5. The number of alkyl halides is 3. The summed E-state index contributed by atoms with van der Waals surface area (Å²) in [6.45, 7) is 2.89. The lowest BCUT2D eigenvalue weighted by Gasteiger charge is -2.32. The SMILES string of the molecule is CN1CCN(C(=O)c2ccc(S(=O)(=O)c3ccc(NC(=O)C(C)(O)C(F)(F)F)c(Cl)c3)cc2)CC1. The van der Waals surface area contributed by atoms with Crippen LogP contribution in [-0.4, -0.2) is 80.1 Å². The summed E-state index contributed by atoms with van der Waals surface area (Å²) in [5.41, 5.74) is -3.65. The molecule has 1 saturated heterocycles. The van der Waals surface area contributed by atoms with E-state index in [4.69, 9.17) is 11.6 Å². The Kier molecular flexibility index (Phi) is 7.51. The molecule has 0 radical (unpaired) electrons. The Morgan fingerprint density at radius 3 is 2.06 bits per heavy atom. The first kappa shape index (κ1) is 26.9. The Morgan fingerprint density at radius 2 is 1.54 bits per heavy atom. The lowest BCUT2D eigenvalue weighted by Crippen LogP contribution is -2.52. The van der Waals surface area contributed by atoms with E-state index in [0.29, 0.717) is 18.7 Å². The average Bonchev–Trinajstić information content (AvgIpc) is 2.79. The Hall–Kier alpha value is -2.67. The first-order valence-electron chi connectivity index (χ1n) is 10.4. The summed E-state index contributed by atoms with van der Waals surface area (Å²) < 4.78 is 64.5. The lowest BCUT2D eigenvalue weighted by atomic mass is 10.1. The summed E-state index contributed by atoms with van der Waals surface area (Å²) in [6, 6.07) is 8.42. The number of halogens is 4. The third kappa shape index (κ3) is 5.61. The molecule has 0 bridgehead atoms. The molecule has 1 aliphatic heterocycles. The number of sulfone groups is 1. The van der Waals surface area contributed by atoms with Crippen molar-refractivity contribution < 1.29 is 36.3 Å². The van der Waals surface area contributed by atoms with E-state index in [1.165, 1.54) is 24.3 Å².